The van der Waals surface area contributed by atoms with Crippen LogP contribution >= 0.6 is 22.6 Å². The van der Waals surface area contributed by atoms with Crippen molar-refractivity contribution in [3.8, 4) is 0 Å². The van der Waals surface area contributed by atoms with E-state index >= 15 is 0 Å². The van der Waals surface area contributed by atoms with E-state index in [0.29, 0.717) is 0 Å². The Kier molecular flexibility index (Phi) is 8.88. The lowest BCUT2D eigenvalue weighted by atomic mass is 9.98. The lowest BCUT2D eigenvalue weighted by molar-refractivity contribution is 0.119. The van der Waals surface area contributed by atoms with Crippen LogP contribution in [0.25, 0.3) is 0 Å². The molecular weight excluding hydrogens is 323 g/mol. The van der Waals surface area contributed by atoms with Gasteiger partial charge in [0.2, 0.25) is 0 Å². The Morgan fingerprint density at radius 3 is 2.18 bits per heavy atom. The Bertz CT molecular complexity index is 293. The molecule has 0 fully saturated rings. The molecule has 17 heavy (non-hydrogen) atoms. The van der Waals surface area contributed by atoms with Gasteiger partial charge in [-0.3, -0.25) is 0 Å². The number of aliphatic hydroxyl groups is 1. The minimum absolute atomic E-state index is 0.688. The molecule has 0 aliphatic heterocycles. The lowest BCUT2D eigenvalue weighted by Crippen LogP contribution is -2.20. The van der Waals surface area contributed by atoms with Gasteiger partial charge in [0.05, 0.1) is 5.60 Å². The Hall–Kier alpha value is -0.0900. The van der Waals surface area contributed by atoms with Gasteiger partial charge in [0.1, 0.15) is 0 Å². The van der Waals surface area contributed by atoms with Gasteiger partial charge in [0.15, 0.2) is 0 Å². The van der Waals surface area contributed by atoms with E-state index in [1.54, 1.807) is 0 Å². The molecule has 0 aliphatic carbocycles. The number of halogens is 1. The summed E-state index contributed by atoms with van der Waals surface area (Å²) in [5.41, 5.74) is 0.395. The zero-order valence-corrected chi connectivity index (χ0v) is 13.6. The summed E-state index contributed by atoms with van der Waals surface area (Å²) in [7, 11) is 0. The van der Waals surface area contributed by atoms with Crippen molar-refractivity contribution in [2.45, 2.75) is 59.0 Å². The third kappa shape index (κ3) is 8.61. The molecule has 0 amide bonds. The van der Waals surface area contributed by atoms with Gasteiger partial charge >= 0.3 is 0 Å². The van der Waals surface area contributed by atoms with Crippen LogP contribution in [0.1, 0.15) is 53.4 Å². The zero-order valence-electron chi connectivity index (χ0n) is 11.5. The Morgan fingerprint density at radius 1 is 1.12 bits per heavy atom. The second-order valence-corrected chi connectivity index (χ2v) is 6.05. The number of unbranched alkanes of at least 4 members (excludes halogenated alkanes) is 1. The molecule has 2 heteroatoms. The quantitative estimate of drug-likeness (QED) is 0.383. The Labute approximate surface area is 120 Å². The fourth-order valence-corrected chi connectivity index (χ4v) is 2.30. The van der Waals surface area contributed by atoms with E-state index in [1.165, 1.54) is 3.58 Å². The topological polar surface area (TPSA) is 20.2 Å². The van der Waals surface area contributed by atoms with Crippen LogP contribution in [-0.4, -0.2) is 10.7 Å². The van der Waals surface area contributed by atoms with Gasteiger partial charge < -0.3 is 5.11 Å². The maximum absolute atomic E-state index is 9.87. The average molecular weight is 348 g/mol. The van der Waals surface area contributed by atoms with E-state index < -0.39 is 5.60 Å². The van der Waals surface area contributed by atoms with Crippen LogP contribution in [0.2, 0.25) is 0 Å². The van der Waals surface area contributed by atoms with Crippen molar-refractivity contribution in [1.82, 2.24) is 0 Å². The van der Waals surface area contributed by atoms with Crippen molar-refractivity contribution in [3.63, 3.8) is 0 Å². The predicted octanol–water partition coefficient (Wildman–Crippen LogP) is 5.16. The highest BCUT2D eigenvalue weighted by Gasteiger charge is 2.17. The second-order valence-electron chi connectivity index (χ2n) is 4.75. The molecule has 0 saturated carbocycles. The van der Waals surface area contributed by atoms with Crippen LogP contribution in [0.15, 0.2) is 33.5 Å². The molecule has 0 spiro atoms. The SMILES string of the molecule is CC=CCCC=CCCC(I)=C(C)C(C)(C)O. The minimum atomic E-state index is -0.688. The first-order valence-corrected chi connectivity index (χ1v) is 7.31. The van der Waals surface area contributed by atoms with E-state index in [2.05, 4.69) is 53.8 Å². The summed E-state index contributed by atoms with van der Waals surface area (Å²) in [6.45, 7) is 7.75. The van der Waals surface area contributed by atoms with Crippen molar-refractivity contribution < 1.29 is 5.11 Å². The Morgan fingerprint density at radius 2 is 1.65 bits per heavy atom. The maximum Gasteiger partial charge on any atom is 0.0808 e. The number of hydrogen-bond donors (Lipinski definition) is 1. The third-order valence-electron chi connectivity index (χ3n) is 2.76. The number of rotatable bonds is 7. The number of hydrogen-bond acceptors (Lipinski definition) is 1. The molecule has 0 bridgehead atoms. The summed E-state index contributed by atoms with van der Waals surface area (Å²) in [6.07, 6.45) is 13.1. The molecule has 0 aromatic heterocycles. The average Bonchev–Trinajstić information content (AvgIpc) is 2.25. The third-order valence-corrected chi connectivity index (χ3v) is 4.11. The first-order valence-electron chi connectivity index (χ1n) is 6.23. The molecule has 0 radical (unpaired) electrons. The van der Waals surface area contributed by atoms with Gasteiger partial charge in [0.25, 0.3) is 0 Å². The maximum atomic E-state index is 9.87. The predicted molar refractivity (Wildman–Crippen MR) is 85.4 cm³/mol. The standard InChI is InChI=1S/C15H25IO/c1-5-6-7-8-9-10-11-12-14(16)13(2)15(3,4)17/h5-6,9-10,17H,7-8,11-12H2,1-4H3. The summed E-state index contributed by atoms with van der Waals surface area (Å²) in [6, 6.07) is 0. The molecule has 0 aliphatic rings. The van der Waals surface area contributed by atoms with Gasteiger partial charge in [-0.15, -0.1) is 0 Å². The highest BCUT2D eigenvalue weighted by atomic mass is 127. The molecule has 0 rings (SSSR count). The van der Waals surface area contributed by atoms with Crippen molar-refractivity contribution in [3.05, 3.63) is 33.5 Å². The molecular formula is C15H25IO. The fourth-order valence-electron chi connectivity index (χ4n) is 1.32. The van der Waals surface area contributed by atoms with Crippen LogP contribution in [0.5, 0.6) is 0 Å². The normalized spacial score (nSPS) is 14.7. The van der Waals surface area contributed by atoms with Gasteiger partial charge in [0, 0.05) is 0 Å². The number of allylic oxidation sites excluding steroid dienone is 5. The summed E-state index contributed by atoms with van der Waals surface area (Å²) in [4.78, 5) is 0. The van der Waals surface area contributed by atoms with E-state index in [4.69, 9.17) is 0 Å². The highest BCUT2D eigenvalue weighted by molar-refractivity contribution is 14.1. The minimum Gasteiger partial charge on any atom is -0.386 e. The van der Waals surface area contributed by atoms with E-state index in [1.807, 2.05) is 20.8 Å². The summed E-state index contributed by atoms with van der Waals surface area (Å²) < 4.78 is 1.27. The van der Waals surface area contributed by atoms with Crippen LogP contribution in [0.4, 0.5) is 0 Å². The second kappa shape index (κ2) is 8.92. The molecule has 98 valence electrons. The lowest BCUT2D eigenvalue weighted by Gasteiger charge is -2.20. The first-order chi connectivity index (χ1) is 7.89. The van der Waals surface area contributed by atoms with Crippen LogP contribution in [0.3, 0.4) is 0 Å². The van der Waals surface area contributed by atoms with E-state index in [9.17, 15) is 5.11 Å². The Balaban J connectivity index is 3.97. The van der Waals surface area contributed by atoms with Gasteiger partial charge in [-0.1, -0.05) is 24.3 Å². The van der Waals surface area contributed by atoms with Crippen LogP contribution in [0, 0.1) is 0 Å². The van der Waals surface area contributed by atoms with Gasteiger partial charge in [-0.25, -0.2) is 0 Å². The van der Waals surface area contributed by atoms with E-state index in [-0.39, 0.29) is 0 Å². The molecule has 1 nitrogen and oxygen atoms in total. The first kappa shape index (κ1) is 16.9. The molecule has 0 aromatic carbocycles. The molecule has 0 saturated heterocycles. The van der Waals surface area contributed by atoms with Crippen LogP contribution in [-0.2, 0) is 0 Å². The fraction of sp³-hybridized carbons (Fsp3) is 0.600. The monoisotopic (exact) mass is 348 g/mol. The zero-order chi connectivity index (χ0) is 13.3. The summed E-state index contributed by atoms with van der Waals surface area (Å²) >= 11 is 2.34. The smallest absolute Gasteiger partial charge is 0.0808 e. The van der Waals surface area contributed by atoms with Crippen molar-refractivity contribution >= 4 is 22.6 Å². The largest absolute Gasteiger partial charge is 0.386 e. The highest BCUT2D eigenvalue weighted by Crippen LogP contribution is 2.26. The summed E-state index contributed by atoms with van der Waals surface area (Å²) in [5, 5.41) is 9.87. The molecule has 0 unspecified atom stereocenters. The van der Waals surface area contributed by atoms with Crippen molar-refractivity contribution in [2.24, 2.45) is 0 Å². The summed E-state index contributed by atoms with van der Waals surface area (Å²) in [5.74, 6) is 0. The molecule has 0 aromatic rings. The van der Waals surface area contributed by atoms with Gasteiger partial charge in [-0.2, -0.15) is 0 Å². The van der Waals surface area contributed by atoms with Crippen LogP contribution < -0.4 is 0 Å². The molecule has 0 heterocycles. The van der Waals surface area contributed by atoms with Crippen molar-refractivity contribution in [1.29, 1.82) is 0 Å². The van der Waals surface area contributed by atoms with E-state index in [0.717, 1.165) is 31.3 Å². The molecule has 0 atom stereocenters. The van der Waals surface area contributed by atoms with Gasteiger partial charge in [-0.05, 0) is 85.1 Å². The molecule has 1 N–H and O–H groups in total. The van der Waals surface area contributed by atoms with Crippen molar-refractivity contribution in [2.75, 3.05) is 0 Å².